The molecule has 2 heterocycles. The Morgan fingerprint density at radius 1 is 1.30 bits per heavy atom. The first-order chi connectivity index (χ1) is 9.78. The van der Waals surface area contributed by atoms with Gasteiger partial charge in [0.25, 0.3) is 0 Å². The van der Waals surface area contributed by atoms with Crippen molar-refractivity contribution in [2.24, 2.45) is 0 Å². The van der Waals surface area contributed by atoms with Crippen molar-refractivity contribution in [3.8, 4) is 0 Å². The maximum Gasteiger partial charge on any atom is 0.0948 e. The minimum atomic E-state index is 0.474. The molecule has 0 amide bonds. The SMILES string of the molecule is CCCC(NCC)c1ccn(Cc2cncn2CC)c1. The van der Waals surface area contributed by atoms with Crippen LogP contribution in [-0.4, -0.2) is 20.7 Å². The van der Waals surface area contributed by atoms with Gasteiger partial charge in [-0.05, 0) is 31.5 Å². The van der Waals surface area contributed by atoms with Gasteiger partial charge in [0.05, 0.1) is 18.6 Å². The highest BCUT2D eigenvalue weighted by Gasteiger charge is 2.11. The molecule has 0 saturated heterocycles. The van der Waals surface area contributed by atoms with Crippen molar-refractivity contribution in [3.63, 3.8) is 0 Å². The van der Waals surface area contributed by atoms with E-state index in [1.54, 1.807) is 0 Å². The minimum absolute atomic E-state index is 0.474. The Morgan fingerprint density at radius 2 is 2.15 bits per heavy atom. The number of hydrogen-bond donors (Lipinski definition) is 1. The Bertz CT molecular complexity index is 506. The summed E-state index contributed by atoms with van der Waals surface area (Å²) in [5.74, 6) is 0. The van der Waals surface area contributed by atoms with E-state index in [1.807, 2.05) is 12.5 Å². The lowest BCUT2D eigenvalue weighted by atomic mass is 10.1. The van der Waals surface area contributed by atoms with E-state index < -0.39 is 0 Å². The standard InChI is InChI=1S/C16H26N4/c1-4-7-16(18-5-2)14-8-9-19(11-14)12-15-10-17-13-20(15)6-3/h8-11,13,16,18H,4-7,12H2,1-3H3. The molecule has 0 aromatic carbocycles. The molecule has 1 unspecified atom stereocenters. The zero-order valence-electron chi connectivity index (χ0n) is 12.8. The average Bonchev–Trinajstić information content (AvgIpc) is 3.08. The van der Waals surface area contributed by atoms with E-state index in [9.17, 15) is 0 Å². The van der Waals surface area contributed by atoms with Gasteiger partial charge < -0.3 is 14.5 Å². The first-order valence-electron chi connectivity index (χ1n) is 7.66. The van der Waals surface area contributed by atoms with Crippen LogP contribution in [0.4, 0.5) is 0 Å². The van der Waals surface area contributed by atoms with Crippen LogP contribution >= 0.6 is 0 Å². The number of hydrogen-bond acceptors (Lipinski definition) is 2. The van der Waals surface area contributed by atoms with Gasteiger partial charge in [-0.15, -0.1) is 0 Å². The van der Waals surface area contributed by atoms with E-state index in [1.165, 1.54) is 24.1 Å². The smallest absolute Gasteiger partial charge is 0.0948 e. The molecule has 110 valence electrons. The molecule has 2 aromatic rings. The van der Waals surface area contributed by atoms with Gasteiger partial charge in [-0.2, -0.15) is 0 Å². The maximum atomic E-state index is 4.23. The van der Waals surface area contributed by atoms with E-state index in [0.717, 1.165) is 19.6 Å². The van der Waals surface area contributed by atoms with Gasteiger partial charge in [0.15, 0.2) is 0 Å². The molecule has 2 aromatic heterocycles. The first kappa shape index (κ1) is 14.9. The molecule has 20 heavy (non-hydrogen) atoms. The largest absolute Gasteiger partial charge is 0.348 e. The average molecular weight is 274 g/mol. The first-order valence-corrected chi connectivity index (χ1v) is 7.66. The highest BCUT2D eigenvalue weighted by atomic mass is 15.1. The van der Waals surface area contributed by atoms with Crippen molar-refractivity contribution in [1.29, 1.82) is 0 Å². The van der Waals surface area contributed by atoms with E-state index >= 15 is 0 Å². The Hall–Kier alpha value is -1.55. The molecule has 4 nitrogen and oxygen atoms in total. The zero-order chi connectivity index (χ0) is 14.4. The maximum absolute atomic E-state index is 4.23. The van der Waals surface area contributed by atoms with Crippen molar-refractivity contribution in [2.75, 3.05) is 6.54 Å². The van der Waals surface area contributed by atoms with Crippen LogP contribution in [0.5, 0.6) is 0 Å². The quantitative estimate of drug-likeness (QED) is 0.802. The van der Waals surface area contributed by atoms with Crippen LogP contribution in [0.3, 0.4) is 0 Å². The number of nitrogens with one attached hydrogen (secondary N) is 1. The van der Waals surface area contributed by atoms with Crippen molar-refractivity contribution in [1.82, 2.24) is 19.4 Å². The predicted octanol–water partition coefficient (Wildman–Crippen LogP) is 3.20. The van der Waals surface area contributed by atoms with Crippen molar-refractivity contribution in [3.05, 3.63) is 42.2 Å². The summed E-state index contributed by atoms with van der Waals surface area (Å²) < 4.78 is 4.44. The molecule has 0 radical (unpaired) electrons. The van der Waals surface area contributed by atoms with Crippen LogP contribution in [0.2, 0.25) is 0 Å². The summed E-state index contributed by atoms with van der Waals surface area (Å²) in [6, 6.07) is 2.71. The topological polar surface area (TPSA) is 34.8 Å². The number of aryl methyl sites for hydroxylation is 1. The summed E-state index contributed by atoms with van der Waals surface area (Å²) in [5.41, 5.74) is 2.64. The zero-order valence-corrected chi connectivity index (χ0v) is 12.8. The van der Waals surface area contributed by atoms with Gasteiger partial charge in [-0.25, -0.2) is 4.98 Å². The van der Waals surface area contributed by atoms with E-state index in [2.05, 4.69) is 58.7 Å². The van der Waals surface area contributed by atoms with Gasteiger partial charge in [-0.1, -0.05) is 20.3 Å². The van der Waals surface area contributed by atoms with Gasteiger partial charge >= 0.3 is 0 Å². The lowest BCUT2D eigenvalue weighted by molar-refractivity contribution is 0.508. The normalized spacial score (nSPS) is 12.8. The lowest BCUT2D eigenvalue weighted by Crippen LogP contribution is -2.20. The molecule has 0 bridgehead atoms. The number of imidazole rings is 1. The highest BCUT2D eigenvalue weighted by Crippen LogP contribution is 2.19. The Labute approximate surface area is 121 Å². The summed E-state index contributed by atoms with van der Waals surface area (Å²) in [6.07, 6.45) is 10.7. The van der Waals surface area contributed by atoms with E-state index in [0.29, 0.717) is 6.04 Å². The molecule has 1 N–H and O–H groups in total. The molecule has 1 atom stereocenters. The monoisotopic (exact) mass is 274 g/mol. The van der Waals surface area contributed by atoms with Crippen LogP contribution in [-0.2, 0) is 13.1 Å². The van der Waals surface area contributed by atoms with Crippen LogP contribution in [0.15, 0.2) is 31.0 Å². The molecule has 0 spiro atoms. The Kier molecular flexibility index (Phi) is 5.41. The molecular formula is C16H26N4. The van der Waals surface area contributed by atoms with Crippen molar-refractivity contribution < 1.29 is 0 Å². The fourth-order valence-corrected chi connectivity index (χ4v) is 2.64. The minimum Gasteiger partial charge on any atom is -0.348 e. The van der Waals surface area contributed by atoms with Crippen LogP contribution in [0.25, 0.3) is 0 Å². The summed E-state index contributed by atoms with van der Waals surface area (Å²) in [4.78, 5) is 4.23. The van der Waals surface area contributed by atoms with Crippen molar-refractivity contribution in [2.45, 2.75) is 52.7 Å². The van der Waals surface area contributed by atoms with Gasteiger partial charge in [-0.3, -0.25) is 0 Å². The van der Waals surface area contributed by atoms with Crippen LogP contribution in [0.1, 0.15) is 50.9 Å². The number of nitrogens with zero attached hydrogens (tertiary/aromatic N) is 3. The number of rotatable bonds is 8. The molecule has 0 aliphatic heterocycles. The second-order valence-electron chi connectivity index (χ2n) is 5.19. The summed E-state index contributed by atoms with van der Waals surface area (Å²) >= 11 is 0. The molecule has 0 aliphatic rings. The van der Waals surface area contributed by atoms with Crippen molar-refractivity contribution >= 4 is 0 Å². The van der Waals surface area contributed by atoms with Crippen LogP contribution in [0, 0.1) is 0 Å². The second kappa shape index (κ2) is 7.29. The molecule has 0 saturated carbocycles. The molecule has 0 fully saturated rings. The third kappa shape index (κ3) is 3.51. The molecular weight excluding hydrogens is 248 g/mol. The lowest BCUT2D eigenvalue weighted by Gasteiger charge is -2.15. The molecule has 2 rings (SSSR count). The second-order valence-corrected chi connectivity index (χ2v) is 5.19. The summed E-state index contributed by atoms with van der Waals surface area (Å²) in [7, 11) is 0. The summed E-state index contributed by atoms with van der Waals surface area (Å²) in [5, 5.41) is 3.56. The van der Waals surface area contributed by atoms with Gasteiger partial charge in [0.2, 0.25) is 0 Å². The van der Waals surface area contributed by atoms with E-state index in [4.69, 9.17) is 0 Å². The highest BCUT2D eigenvalue weighted by molar-refractivity contribution is 5.16. The molecule has 0 aliphatic carbocycles. The Morgan fingerprint density at radius 3 is 2.85 bits per heavy atom. The van der Waals surface area contributed by atoms with Gasteiger partial charge in [0, 0.05) is 31.2 Å². The van der Waals surface area contributed by atoms with Gasteiger partial charge in [0.1, 0.15) is 0 Å². The summed E-state index contributed by atoms with van der Waals surface area (Å²) in [6.45, 7) is 9.42. The third-order valence-corrected chi connectivity index (χ3v) is 3.69. The fraction of sp³-hybridized carbons (Fsp3) is 0.562. The van der Waals surface area contributed by atoms with E-state index in [-0.39, 0.29) is 0 Å². The number of aromatic nitrogens is 3. The van der Waals surface area contributed by atoms with Crippen LogP contribution < -0.4 is 5.32 Å². The predicted molar refractivity (Wildman–Crippen MR) is 82.8 cm³/mol. The fourth-order valence-electron chi connectivity index (χ4n) is 2.64. The molecule has 4 heteroatoms. The third-order valence-electron chi connectivity index (χ3n) is 3.69. The Balaban J connectivity index is 2.08.